The Morgan fingerprint density at radius 3 is 2.39 bits per heavy atom. The van der Waals surface area contributed by atoms with E-state index in [1.54, 1.807) is 0 Å². The van der Waals surface area contributed by atoms with Gasteiger partial charge in [-0.2, -0.15) is 0 Å². The number of benzene rings is 2. The summed E-state index contributed by atoms with van der Waals surface area (Å²) in [7, 11) is 0. The van der Waals surface area contributed by atoms with Gasteiger partial charge in [0.05, 0.1) is 11.0 Å². The zero-order valence-electron chi connectivity index (χ0n) is 20.7. The van der Waals surface area contributed by atoms with E-state index in [1.807, 2.05) is 93.5 Å². The van der Waals surface area contributed by atoms with Crippen LogP contribution < -0.4 is 5.32 Å². The molecule has 1 aromatic heterocycles. The summed E-state index contributed by atoms with van der Waals surface area (Å²) >= 11 is 0. The highest BCUT2D eigenvalue weighted by molar-refractivity contribution is 5.95. The Hall–Kier alpha value is -3.15. The molecule has 0 saturated carbocycles. The van der Waals surface area contributed by atoms with E-state index < -0.39 is 0 Å². The van der Waals surface area contributed by atoms with Crippen LogP contribution in [0.25, 0.3) is 11.0 Å². The van der Waals surface area contributed by atoms with Crippen molar-refractivity contribution in [2.45, 2.75) is 73.0 Å². The van der Waals surface area contributed by atoms with Gasteiger partial charge < -0.3 is 14.8 Å². The van der Waals surface area contributed by atoms with Crippen molar-refractivity contribution in [2.75, 3.05) is 6.54 Å². The summed E-state index contributed by atoms with van der Waals surface area (Å²) in [4.78, 5) is 32.4. The van der Waals surface area contributed by atoms with Crippen LogP contribution >= 0.6 is 0 Å². The minimum absolute atomic E-state index is 0.0549. The lowest BCUT2D eigenvalue weighted by molar-refractivity contribution is -0.135. The van der Waals surface area contributed by atoms with Crippen LogP contribution in [0, 0.1) is 13.8 Å². The monoisotopic (exact) mass is 448 g/mol. The molecular weight excluding hydrogens is 412 g/mol. The highest BCUT2D eigenvalue weighted by atomic mass is 16.2. The molecule has 0 aliphatic rings. The van der Waals surface area contributed by atoms with Crippen LogP contribution in [0.15, 0.2) is 42.5 Å². The molecule has 2 aromatic carbocycles. The first-order valence-corrected chi connectivity index (χ1v) is 11.8. The number of amides is 2. The summed E-state index contributed by atoms with van der Waals surface area (Å²) in [6.07, 6.45) is 1.42. The molecule has 1 heterocycles. The number of carbonyl (C=O) groups is 2. The number of rotatable bonds is 9. The quantitative estimate of drug-likeness (QED) is 0.484. The van der Waals surface area contributed by atoms with E-state index in [4.69, 9.17) is 4.98 Å². The van der Waals surface area contributed by atoms with Gasteiger partial charge in [0.25, 0.3) is 5.91 Å². The number of para-hydroxylation sites is 2. The van der Waals surface area contributed by atoms with Crippen LogP contribution in [0.3, 0.4) is 0 Å². The fourth-order valence-electron chi connectivity index (χ4n) is 4.49. The predicted molar refractivity (Wildman–Crippen MR) is 133 cm³/mol. The molecule has 0 unspecified atom stereocenters. The number of nitrogens with one attached hydrogen (secondary N) is 1. The maximum Gasteiger partial charge on any atom is 0.251 e. The summed E-state index contributed by atoms with van der Waals surface area (Å²) in [6, 6.07) is 14.0. The average molecular weight is 449 g/mol. The highest BCUT2D eigenvalue weighted by Gasteiger charge is 2.22. The van der Waals surface area contributed by atoms with Crippen LogP contribution in [-0.2, 0) is 17.8 Å². The standard InChI is InChI=1S/C27H36N4O2/c1-18(2)31(19(3)4)26(32)17-30-24-11-8-7-10-23(24)29-25(30)12-9-15-28-27(33)22-14-13-20(5)16-21(22)6/h7-8,10-11,13-14,16,18-19H,9,12,15,17H2,1-6H3,(H,28,33). The minimum atomic E-state index is -0.0549. The summed E-state index contributed by atoms with van der Waals surface area (Å²) in [6.45, 7) is 13.0. The van der Waals surface area contributed by atoms with Crippen molar-refractivity contribution in [1.29, 1.82) is 0 Å². The number of imidazole rings is 1. The van der Waals surface area contributed by atoms with Crippen LogP contribution in [-0.4, -0.2) is 44.9 Å². The molecular formula is C27H36N4O2. The first-order chi connectivity index (χ1) is 15.7. The number of nitrogens with zero attached hydrogens (tertiary/aromatic N) is 3. The molecule has 3 rings (SSSR count). The summed E-state index contributed by atoms with van der Waals surface area (Å²) < 4.78 is 2.03. The number of aryl methyl sites for hydroxylation is 3. The third-order valence-electron chi connectivity index (χ3n) is 5.92. The number of hydrogen-bond donors (Lipinski definition) is 1. The van der Waals surface area contributed by atoms with Gasteiger partial charge in [-0.05, 0) is 71.7 Å². The van der Waals surface area contributed by atoms with Crippen LogP contribution in [0.1, 0.15) is 61.4 Å². The zero-order chi connectivity index (χ0) is 24.1. The Morgan fingerprint density at radius 1 is 1.03 bits per heavy atom. The second-order valence-corrected chi connectivity index (χ2v) is 9.27. The predicted octanol–water partition coefficient (Wildman–Crippen LogP) is 4.66. The molecule has 0 fully saturated rings. The summed E-state index contributed by atoms with van der Waals surface area (Å²) in [5, 5.41) is 3.02. The summed E-state index contributed by atoms with van der Waals surface area (Å²) in [5.74, 6) is 0.908. The molecule has 0 radical (unpaired) electrons. The fourth-order valence-corrected chi connectivity index (χ4v) is 4.49. The summed E-state index contributed by atoms with van der Waals surface area (Å²) in [5.41, 5.74) is 4.69. The Balaban J connectivity index is 1.70. The topological polar surface area (TPSA) is 67.2 Å². The van der Waals surface area contributed by atoms with Crippen LogP contribution in [0.5, 0.6) is 0 Å². The van der Waals surface area contributed by atoms with Gasteiger partial charge in [0.2, 0.25) is 5.91 Å². The molecule has 33 heavy (non-hydrogen) atoms. The Bertz CT molecular complexity index is 1120. The van der Waals surface area contributed by atoms with Gasteiger partial charge >= 0.3 is 0 Å². The molecule has 176 valence electrons. The number of carbonyl (C=O) groups excluding carboxylic acids is 2. The number of hydrogen-bond acceptors (Lipinski definition) is 3. The number of fused-ring (bicyclic) bond motifs is 1. The largest absolute Gasteiger partial charge is 0.352 e. The Morgan fingerprint density at radius 2 is 1.73 bits per heavy atom. The molecule has 0 saturated heterocycles. The van der Waals surface area contributed by atoms with E-state index in [0.29, 0.717) is 18.5 Å². The van der Waals surface area contributed by atoms with Gasteiger partial charge in [-0.25, -0.2) is 4.98 Å². The Labute approximate surface area is 197 Å². The lowest BCUT2D eigenvalue weighted by Gasteiger charge is -2.31. The maximum absolute atomic E-state index is 13.1. The molecule has 0 atom stereocenters. The SMILES string of the molecule is Cc1ccc(C(=O)NCCCc2nc3ccccc3n2CC(=O)N(C(C)C)C(C)C)c(C)c1. The van der Waals surface area contributed by atoms with Crippen LogP contribution in [0.4, 0.5) is 0 Å². The van der Waals surface area contributed by atoms with Crippen molar-refractivity contribution in [2.24, 2.45) is 0 Å². The van der Waals surface area contributed by atoms with Gasteiger partial charge in [0.15, 0.2) is 0 Å². The first-order valence-electron chi connectivity index (χ1n) is 11.8. The van der Waals surface area contributed by atoms with Crippen molar-refractivity contribution < 1.29 is 9.59 Å². The van der Waals surface area contributed by atoms with Gasteiger partial charge in [-0.15, -0.1) is 0 Å². The van der Waals surface area contributed by atoms with Crippen molar-refractivity contribution in [3.63, 3.8) is 0 Å². The van der Waals surface area contributed by atoms with E-state index in [1.165, 1.54) is 0 Å². The average Bonchev–Trinajstić information content (AvgIpc) is 3.07. The van der Waals surface area contributed by atoms with E-state index >= 15 is 0 Å². The van der Waals surface area contributed by atoms with Gasteiger partial charge in [0.1, 0.15) is 12.4 Å². The maximum atomic E-state index is 13.1. The van der Waals surface area contributed by atoms with Crippen molar-refractivity contribution in [3.8, 4) is 0 Å². The van der Waals surface area contributed by atoms with E-state index in [9.17, 15) is 9.59 Å². The van der Waals surface area contributed by atoms with Gasteiger partial charge in [-0.1, -0.05) is 29.8 Å². The molecule has 1 N–H and O–H groups in total. The highest BCUT2D eigenvalue weighted by Crippen LogP contribution is 2.19. The molecule has 2 amide bonds. The van der Waals surface area contributed by atoms with Crippen LogP contribution in [0.2, 0.25) is 0 Å². The third kappa shape index (κ3) is 5.81. The minimum Gasteiger partial charge on any atom is -0.352 e. The molecule has 0 bridgehead atoms. The lowest BCUT2D eigenvalue weighted by atomic mass is 10.1. The molecule has 6 nitrogen and oxygen atoms in total. The number of aromatic nitrogens is 2. The zero-order valence-corrected chi connectivity index (χ0v) is 20.7. The molecule has 6 heteroatoms. The van der Waals surface area contributed by atoms with E-state index in [0.717, 1.165) is 34.4 Å². The van der Waals surface area contributed by atoms with Crippen molar-refractivity contribution in [1.82, 2.24) is 19.8 Å². The normalized spacial score (nSPS) is 11.4. The first kappa shape index (κ1) is 24.5. The van der Waals surface area contributed by atoms with Crippen molar-refractivity contribution in [3.05, 3.63) is 65.0 Å². The Kier molecular flexibility index (Phi) is 7.90. The van der Waals surface area contributed by atoms with Gasteiger partial charge in [0, 0.05) is 30.6 Å². The molecule has 0 spiro atoms. The molecule has 0 aliphatic carbocycles. The third-order valence-corrected chi connectivity index (χ3v) is 5.92. The fraction of sp³-hybridized carbons (Fsp3) is 0.444. The lowest BCUT2D eigenvalue weighted by Crippen LogP contribution is -2.43. The molecule has 3 aromatic rings. The van der Waals surface area contributed by atoms with E-state index in [2.05, 4.69) is 5.32 Å². The van der Waals surface area contributed by atoms with Crippen molar-refractivity contribution >= 4 is 22.8 Å². The van der Waals surface area contributed by atoms with Gasteiger partial charge in [-0.3, -0.25) is 9.59 Å². The second-order valence-electron chi connectivity index (χ2n) is 9.27. The molecule has 0 aliphatic heterocycles. The second kappa shape index (κ2) is 10.6. The van der Waals surface area contributed by atoms with E-state index in [-0.39, 0.29) is 30.4 Å². The smallest absolute Gasteiger partial charge is 0.251 e.